The number of hydrogen-bond donors (Lipinski definition) is 0. The van der Waals surface area contributed by atoms with E-state index in [1.807, 2.05) is 0 Å². The van der Waals surface area contributed by atoms with Crippen LogP contribution in [0.15, 0.2) is 18.3 Å². The Morgan fingerprint density at radius 3 is 2.40 bits per heavy atom. The van der Waals surface area contributed by atoms with Crippen LogP contribution in [-0.4, -0.2) is 30.2 Å². The minimum Gasteiger partial charge on any atom is -0.490 e. The highest BCUT2D eigenvalue weighted by molar-refractivity contribution is 5.89. The number of carbonyl (C=O) groups excluding carboxylic acids is 1. The molecular weight excluding hydrogens is 355 g/mol. The summed E-state index contributed by atoms with van der Waals surface area (Å²) in [6.07, 6.45) is -4.55. The average Bonchev–Trinajstić information content (AvgIpc) is 2.57. The number of rotatable bonds is 4. The first-order valence-electron chi connectivity index (χ1n) is 6.41. The molecule has 0 amide bonds. The van der Waals surface area contributed by atoms with Crippen molar-refractivity contribution in [3.8, 4) is 17.4 Å². The van der Waals surface area contributed by atoms with Crippen LogP contribution in [0.25, 0.3) is 0 Å². The van der Waals surface area contributed by atoms with Crippen molar-refractivity contribution in [3.05, 3.63) is 41.4 Å². The Labute approximate surface area is 137 Å². The van der Waals surface area contributed by atoms with Gasteiger partial charge >= 0.3 is 12.1 Å². The van der Waals surface area contributed by atoms with Gasteiger partial charge in [-0.3, -0.25) is 0 Å². The van der Waals surface area contributed by atoms with Crippen molar-refractivity contribution in [2.45, 2.75) is 6.18 Å². The molecule has 2 rings (SSSR count). The molecule has 11 heteroatoms. The number of benzene rings is 1. The van der Waals surface area contributed by atoms with E-state index in [0.29, 0.717) is 12.3 Å². The van der Waals surface area contributed by atoms with Gasteiger partial charge in [-0.05, 0) is 12.1 Å². The summed E-state index contributed by atoms with van der Waals surface area (Å²) in [5.41, 5.74) is -2.36. The smallest absolute Gasteiger partial charge is 0.434 e. The van der Waals surface area contributed by atoms with Gasteiger partial charge in [0.2, 0.25) is 17.3 Å². The van der Waals surface area contributed by atoms with Gasteiger partial charge in [0, 0.05) is 0 Å². The van der Waals surface area contributed by atoms with E-state index in [4.69, 9.17) is 4.74 Å². The summed E-state index contributed by atoms with van der Waals surface area (Å²) in [6, 6.07) is 1.64. The second-order valence-corrected chi connectivity index (χ2v) is 4.39. The fourth-order valence-corrected chi connectivity index (χ4v) is 1.71. The average molecular weight is 364 g/mol. The Balaban J connectivity index is 2.53. The highest BCUT2D eigenvalue weighted by Crippen LogP contribution is 2.36. The monoisotopic (exact) mass is 364 g/mol. The van der Waals surface area contributed by atoms with Gasteiger partial charge in [0.25, 0.3) is 5.88 Å². The second-order valence-electron chi connectivity index (χ2n) is 4.39. The molecule has 0 bridgehead atoms. The van der Waals surface area contributed by atoms with E-state index in [1.165, 1.54) is 0 Å². The lowest BCUT2D eigenvalue weighted by molar-refractivity contribution is -0.141. The van der Waals surface area contributed by atoms with Crippen molar-refractivity contribution in [2.24, 2.45) is 0 Å². The summed E-state index contributed by atoms with van der Waals surface area (Å²) in [4.78, 5) is 18.1. The predicted molar refractivity (Wildman–Crippen MR) is 71.4 cm³/mol. The Kier molecular flexibility index (Phi) is 5.04. The zero-order chi connectivity index (χ0) is 18.8. The third-order valence-electron chi connectivity index (χ3n) is 2.83. The standard InChI is InChI=1S/C14H9F5N2O4/c1-23-11-7(4-3-6(15)9(11)16)25-12-10(13(22)24-2)21-8(5-20-12)14(17,18)19/h3-5H,1-2H3. The molecule has 0 unspecified atom stereocenters. The molecule has 0 fully saturated rings. The van der Waals surface area contributed by atoms with Crippen molar-refractivity contribution in [1.82, 2.24) is 9.97 Å². The third kappa shape index (κ3) is 3.75. The zero-order valence-electron chi connectivity index (χ0n) is 12.6. The van der Waals surface area contributed by atoms with Crippen LogP contribution in [0.4, 0.5) is 22.0 Å². The van der Waals surface area contributed by atoms with Gasteiger partial charge in [-0.15, -0.1) is 0 Å². The van der Waals surface area contributed by atoms with E-state index in [2.05, 4.69) is 19.4 Å². The van der Waals surface area contributed by atoms with Gasteiger partial charge < -0.3 is 14.2 Å². The number of nitrogens with zero attached hydrogens (tertiary/aromatic N) is 2. The molecule has 0 radical (unpaired) electrons. The lowest BCUT2D eigenvalue weighted by Crippen LogP contribution is -2.15. The maximum absolute atomic E-state index is 13.7. The molecule has 0 N–H and O–H groups in total. The maximum atomic E-state index is 13.7. The molecule has 0 saturated carbocycles. The molecule has 0 aliphatic carbocycles. The third-order valence-corrected chi connectivity index (χ3v) is 2.83. The number of halogens is 5. The molecule has 0 spiro atoms. The number of aromatic nitrogens is 2. The first-order chi connectivity index (χ1) is 11.7. The van der Waals surface area contributed by atoms with E-state index < -0.39 is 52.5 Å². The molecule has 2 aromatic rings. The van der Waals surface area contributed by atoms with Gasteiger partial charge in [0.15, 0.2) is 17.3 Å². The fraction of sp³-hybridized carbons (Fsp3) is 0.214. The number of carbonyl (C=O) groups is 1. The van der Waals surface area contributed by atoms with Gasteiger partial charge in [-0.25, -0.2) is 19.2 Å². The molecule has 0 aliphatic rings. The van der Waals surface area contributed by atoms with Crippen LogP contribution in [0.5, 0.6) is 17.4 Å². The first kappa shape index (κ1) is 18.4. The Morgan fingerprint density at radius 2 is 1.84 bits per heavy atom. The summed E-state index contributed by atoms with van der Waals surface area (Å²) < 4.78 is 79.0. The summed E-state index contributed by atoms with van der Waals surface area (Å²) in [7, 11) is 1.93. The van der Waals surface area contributed by atoms with Crippen molar-refractivity contribution < 1.29 is 41.0 Å². The minimum absolute atomic E-state index is 0.314. The van der Waals surface area contributed by atoms with Crippen molar-refractivity contribution in [1.29, 1.82) is 0 Å². The second kappa shape index (κ2) is 6.87. The largest absolute Gasteiger partial charge is 0.490 e. The summed E-state index contributed by atoms with van der Waals surface area (Å²) >= 11 is 0. The van der Waals surface area contributed by atoms with Crippen LogP contribution < -0.4 is 9.47 Å². The topological polar surface area (TPSA) is 70.5 Å². The molecule has 1 heterocycles. The normalized spacial score (nSPS) is 11.2. The zero-order valence-corrected chi connectivity index (χ0v) is 12.6. The lowest BCUT2D eigenvalue weighted by Gasteiger charge is -2.13. The molecule has 134 valence electrons. The van der Waals surface area contributed by atoms with E-state index in [1.54, 1.807) is 0 Å². The molecule has 0 aliphatic heterocycles. The fourth-order valence-electron chi connectivity index (χ4n) is 1.71. The molecule has 1 aromatic carbocycles. The van der Waals surface area contributed by atoms with Crippen LogP contribution in [0.3, 0.4) is 0 Å². The van der Waals surface area contributed by atoms with E-state index >= 15 is 0 Å². The summed E-state index contributed by atoms with van der Waals surface area (Å²) in [5, 5.41) is 0. The van der Waals surface area contributed by atoms with Crippen LogP contribution in [-0.2, 0) is 10.9 Å². The quantitative estimate of drug-likeness (QED) is 0.612. The lowest BCUT2D eigenvalue weighted by atomic mass is 10.3. The van der Waals surface area contributed by atoms with Crippen molar-refractivity contribution in [3.63, 3.8) is 0 Å². The van der Waals surface area contributed by atoms with Crippen LogP contribution in [0.1, 0.15) is 16.2 Å². The molecular formula is C14H9F5N2O4. The highest BCUT2D eigenvalue weighted by atomic mass is 19.4. The maximum Gasteiger partial charge on any atom is 0.434 e. The van der Waals surface area contributed by atoms with E-state index in [0.717, 1.165) is 20.3 Å². The number of ether oxygens (including phenoxy) is 3. The summed E-state index contributed by atoms with van der Waals surface area (Å²) in [5.74, 6) is -5.70. The Morgan fingerprint density at radius 1 is 1.16 bits per heavy atom. The minimum atomic E-state index is -4.87. The molecule has 1 aromatic heterocycles. The molecule has 6 nitrogen and oxygen atoms in total. The van der Waals surface area contributed by atoms with Crippen LogP contribution in [0.2, 0.25) is 0 Å². The number of hydrogen-bond acceptors (Lipinski definition) is 6. The van der Waals surface area contributed by atoms with E-state index in [9.17, 15) is 26.7 Å². The van der Waals surface area contributed by atoms with Crippen LogP contribution >= 0.6 is 0 Å². The molecule has 25 heavy (non-hydrogen) atoms. The molecule has 0 atom stereocenters. The SMILES string of the molecule is COC(=O)c1nc(C(F)(F)F)cnc1Oc1ccc(F)c(F)c1OC. The van der Waals surface area contributed by atoms with E-state index in [-0.39, 0.29) is 0 Å². The number of alkyl halides is 3. The summed E-state index contributed by atoms with van der Waals surface area (Å²) in [6.45, 7) is 0. The van der Waals surface area contributed by atoms with Gasteiger partial charge in [0.1, 0.15) is 0 Å². The Bertz CT molecular complexity index is 811. The van der Waals surface area contributed by atoms with Gasteiger partial charge in [0.05, 0.1) is 20.4 Å². The number of esters is 1. The predicted octanol–water partition coefficient (Wildman–Crippen LogP) is 3.36. The Hall–Kier alpha value is -2.98. The molecule has 0 saturated heterocycles. The van der Waals surface area contributed by atoms with Crippen molar-refractivity contribution in [2.75, 3.05) is 14.2 Å². The number of methoxy groups -OCH3 is 2. The van der Waals surface area contributed by atoms with Gasteiger partial charge in [-0.1, -0.05) is 0 Å². The van der Waals surface area contributed by atoms with Crippen LogP contribution in [0, 0.1) is 11.6 Å². The van der Waals surface area contributed by atoms with Crippen molar-refractivity contribution >= 4 is 5.97 Å². The highest BCUT2D eigenvalue weighted by Gasteiger charge is 2.35. The van der Waals surface area contributed by atoms with Gasteiger partial charge in [-0.2, -0.15) is 17.6 Å². The first-order valence-corrected chi connectivity index (χ1v) is 6.41.